The second kappa shape index (κ2) is 8.92. The van der Waals surface area contributed by atoms with Crippen LogP contribution >= 0.6 is 0 Å². The number of pyridine rings is 1. The third-order valence-electron chi connectivity index (χ3n) is 7.49. The maximum absolute atomic E-state index is 13.6. The highest BCUT2D eigenvalue weighted by molar-refractivity contribution is 6.11. The second-order valence-corrected chi connectivity index (χ2v) is 10.8. The first-order chi connectivity index (χ1) is 17.0. The van der Waals surface area contributed by atoms with Crippen molar-refractivity contribution >= 4 is 33.1 Å². The van der Waals surface area contributed by atoms with Crippen LogP contribution in [0.3, 0.4) is 0 Å². The molecule has 2 saturated carbocycles. The molecule has 6 heteroatoms. The molecule has 0 spiro atoms. The van der Waals surface area contributed by atoms with E-state index in [1.165, 1.54) is 12.8 Å². The number of hydrogen-bond acceptors (Lipinski definition) is 4. The number of fused-ring (bicyclic) bond motifs is 1. The fourth-order valence-electron chi connectivity index (χ4n) is 4.82. The molecule has 1 saturated heterocycles. The summed E-state index contributed by atoms with van der Waals surface area (Å²) in [4.78, 5) is 18.2. The summed E-state index contributed by atoms with van der Waals surface area (Å²) in [5.41, 5.74) is 4.39. The number of rotatable bonds is 8. The fourth-order valence-corrected chi connectivity index (χ4v) is 5.24. The number of nitrogens with one attached hydrogen (secondary N) is 2. The molecule has 1 aromatic heterocycles. The molecule has 5 nitrogen and oxygen atoms in total. The highest BCUT2D eigenvalue weighted by Gasteiger charge is 2.47. The molecule has 3 aromatic rings. The lowest BCUT2D eigenvalue weighted by Crippen LogP contribution is -2.53. The van der Waals surface area contributed by atoms with Crippen LogP contribution in [0.4, 0.5) is 0 Å². The summed E-state index contributed by atoms with van der Waals surface area (Å²) in [6, 6.07) is 14.5. The van der Waals surface area contributed by atoms with Gasteiger partial charge in [0.2, 0.25) is 0 Å². The van der Waals surface area contributed by atoms with Crippen LogP contribution in [0.2, 0.25) is 0 Å². The summed E-state index contributed by atoms with van der Waals surface area (Å²) in [7, 11) is 3.68. The number of hydrogen-bond donors (Lipinski definition) is 2. The van der Waals surface area contributed by atoms with Crippen molar-refractivity contribution in [1.82, 2.24) is 15.6 Å². The Balaban J connectivity index is 1.28. The van der Waals surface area contributed by atoms with E-state index in [2.05, 4.69) is 56.2 Å². The van der Waals surface area contributed by atoms with Crippen molar-refractivity contribution < 1.29 is 9.53 Å². The molecule has 2 atom stereocenters. The van der Waals surface area contributed by atoms with E-state index in [0.717, 1.165) is 53.4 Å². The summed E-state index contributed by atoms with van der Waals surface area (Å²) in [5, 5.41) is 7.85. The SMILES string of the molecule is Cc1ccc(OC([Si])[C@@H]2CCN2)cc1C(=O)NC1(c2cc(/C=C/C3CC3)cc3ncccc23)CC1. The summed E-state index contributed by atoms with van der Waals surface area (Å²) < 4.78 is 6.07. The number of ether oxygens (including phenoxy) is 1. The van der Waals surface area contributed by atoms with Crippen LogP contribution in [0, 0.1) is 12.8 Å². The van der Waals surface area contributed by atoms with Gasteiger partial charge >= 0.3 is 0 Å². The zero-order chi connectivity index (χ0) is 24.0. The molecule has 3 radical (unpaired) electrons. The summed E-state index contributed by atoms with van der Waals surface area (Å²) in [6.07, 6.45) is 11.8. The smallest absolute Gasteiger partial charge is 0.252 e. The molecule has 2 aromatic carbocycles. The first kappa shape index (κ1) is 22.5. The van der Waals surface area contributed by atoms with Crippen LogP contribution in [0.25, 0.3) is 17.0 Å². The maximum atomic E-state index is 13.6. The van der Waals surface area contributed by atoms with Gasteiger partial charge in [0.05, 0.1) is 27.0 Å². The van der Waals surface area contributed by atoms with Crippen molar-refractivity contribution in [2.75, 3.05) is 6.54 Å². The third kappa shape index (κ3) is 4.65. The third-order valence-corrected chi connectivity index (χ3v) is 8.01. The van der Waals surface area contributed by atoms with E-state index in [4.69, 9.17) is 4.74 Å². The van der Waals surface area contributed by atoms with Crippen LogP contribution in [0.5, 0.6) is 5.75 Å². The first-order valence-corrected chi connectivity index (χ1v) is 13.2. The number of amides is 1. The van der Waals surface area contributed by atoms with Gasteiger partial charge in [0, 0.05) is 23.2 Å². The van der Waals surface area contributed by atoms with Gasteiger partial charge in [-0.2, -0.15) is 0 Å². The van der Waals surface area contributed by atoms with Crippen molar-refractivity contribution in [3.8, 4) is 5.75 Å². The molecule has 1 aliphatic heterocycles. The van der Waals surface area contributed by atoms with Gasteiger partial charge in [-0.1, -0.05) is 24.3 Å². The van der Waals surface area contributed by atoms with E-state index in [1.54, 1.807) is 0 Å². The predicted molar refractivity (Wildman–Crippen MR) is 140 cm³/mol. The van der Waals surface area contributed by atoms with Crippen LogP contribution < -0.4 is 15.4 Å². The molecule has 1 amide bonds. The van der Waals surface area contributed by atoms with Gasteiger partial charge in [-0.25, -0.2) is 0 Å². The predicted octanol–water partition coefficient (Wildman–Crippen LogP) is 4.62. The Labute approximate surface area is 209 Å². The number of aryl methyl sites for hydroxylation is 1. The lowest BCUT2D eigenvalue weighted by Gasteiger charge is -2.33. The Morgan fingerprint density at radius 1 is 1.23 bits per heavy atom. The number of benzene rings is 2. The molecule has 2 heterocycles. The molecule has 0 bridgehead atoms. The zero-order valence-corrected chi connectivity index (χ0v) is 21.0. The maximum Gasteiger partial charge on any atom is 0.252 e. The number of nitrogens with zero attached hydrogens (tertiary/aromatic N) is 1. The molecular formula is C29H30N3O2Si. The minimum Gasteiger partial charge on any atom is -0.493 e. The molecule has 3 aliphatic rings. The highest BCUT2D eigenvalue weighted by atomic mass is 28.1. The van der Waals surface area contributed by atoms with Gasteiger partial charge in [0.1, 0.15) is 5.75 Å². The van der Waals surface area contributed by atoms with Crippen molar-refractivity contribution in [2.24, 2.45) is 5.92 Å². The Hall–Kier alpha value is -2.96. The van der Waals surface area contributed by atoms with Crippen LogP contribution in [0.15, 0.2) is 54.7 Å². The number of aromatic nitrogens is 1. The van der Waals surface area contributed by atoms with E-state index >= 15 is 0 Å². The molecular weight excluding hydrogens is 450 g/mol. The number of carbonyl (C=O) groups excluding carboxylic acids is 1. The van der Waals surface area contributed by atoms with Crippen molar-refractivity contribution in [3.05, 3.63) is 77.0 Å². The Bertz CT molecular complexity index is 1310. The van der Waals surface area contributed by atoms with Gasteiger partial charge in [-0.05, 0) is 98.5 Å². The Morgan fingerprint density at radius 2 is 2.06 bits per heavy atom. The van der Waals surface area contributed by atoms with Crippen molar-refractivity contribution in [2.45, 2.75) is 56.3 Å². The summed E-state index contributed by atoms with van der Waals surface area (Å²) in [5.74, 6) is 1.35. The molecule has 35 heavy (non-hydrogen) atoms. The van der Waals surface area contributed by atoms with Crippen LogP contribution in [-0.2, 0) is 5.54 Å². The molecule has 3 fully saturated rings. The van der Waals surface area contributed by atoms with Gasteiger partial charge in [-0.3, -0.25) is 9.78 Å². The monoisotopic (exact) mass is 480 g/mol. The normalized spacial score (nSPS) is 21.5. The Morgan fingerprint density at radius 3 is 2.77 bits per heavy atom. The second-order valence-electron chi connectivity index (χ2n) is 10.2. The first-order valence-electron chi connectivity index (χ1n) is 12.6. The number of carbonyl (C=O) groups is 1. The highest BCUT2D eigenvalue weighted by Crippen LogP contribution is 2.48. The van der Waals surface area contributed by atoms with Crippen LogP contribution in [-0.4, -0.2) is 39.4 Å². The van der Waals surface area contributed by atoms with Gasteiger partial charge in [0.15, 0.2) is 0 Å². The topological polar surface area (TPSA) is 63.2 Å². The lowest BCUT2D eigenvalue weighted by molar-refractivity contribution is 0.0929. The fraction of sp³-hybridized carbons (Fsp3) is 0.379. The van der Waals surface area contributed by atoms with Gasteiger partial charge in [-0.15, -0.1) is 0 Å². The summed E-state index contributed by atoms with van der Waals surface area (Å²) in [6.45, 7) is 2.99. The van der Waals surface area contributed by atoms with E-state index in [1.807, 2.05) is 37.4 Å². The quantitative estimate of drug-likeness (QED) is 0.462. The van der Waals surface area contributed by atoms with Gasteiger partial charge in [0.25, 0.3) is 5.91 Å². The average Bonchev–Trinajstić information content (AvgIpc) is 3.74. The van der Waals surface area contributed by atoms with E-state index < -0.39 is 0 Å². The molecule has 2 aliphatic carbocycles. The molecule has 1 unspecified atom stereocenters. The molecule has 177 valence electrons. The number of allylic oxidation sites excluding steroid dienone is 1. The average molecular weight is 481 g/mol. The van der Waals surface area contributed by atoms with E-state index in [9.17, 15) is 4.79 Å². The van der Waals surface area contributed by atoms with E-state index in [0.29, 0.717) is 23.3 Å². The van der Waals surface area contributed by atoms with Gasteiger partial charge < -0.3 is 15.4 Å². The largest absolute Gasteiger partial charge is 0.493 e. The lowest BCUT2D eigenvalue weighted by atomic mass is 9.95. The molecule has 2 N–H and O–H groups in total. The molecule has 6 rings (SSSR count). The zero-order valence-electron chi connectivity index (χ0n) is 20.0. The van der Waals surface area contributed by atoms with Crippen molar-refractivity contribution in [3.63, 3.8) is 0 Å². The van der Waals surface area contributed by atoms with E-state index in [-0.39, 0.29) is 17.2 Å². The minimum absolute atomic E-state index is 0.0614. The standard InChI is InChI=1S/C29H30N3O2Si/c1-18-4-9-21(34-28(35)25-10-14-31-25)17-23(18)27(33)32-29(11-12-29)24-15-20(8-7-19-5-6-19)16-26-22(24)3-2-13-30-26/h2-4,7-9,13,15-17,19,25,28,31H,5-6,10-12,14H2,1H3,(H,32,33)/b8-7+/t25-,28?/m0/s1. The minimum atomic E-state index is -0.363. The summed E-state index contributed by atoms with van der Waals surface area (Å²) >= 11 is 0. The van der Waals surface area contributed by atoms with Crippen molar-refractivity contribution in [1.29, 1.82) is 0 Å². The van der Waals surface area contributed by atoms with Crippen LogP contribution in [0.1, 0.15) is 59.2 Å². The Kier molecular flexibility index (Phi) is 5.73.